The van der Waals surface area contributed by atoms with Crippen LogP contribution < -0.4 is 0 Å². The van der Waals surface area contributed by atoms with Gasteiger partial charge in [-0.15, -0.1) is 5.10 Å². The number of hydrogen-bond acceptors (Lipinski definition) is 4. The zero-order chi connectivity index (χ0) is 18.7. The number of nitrogens with zero attached hydrogens (tertiary/aromatic N) is 4. The predicted octanol–water partition coefficient (Wildman–Crippen LogP) is 4.27. The minimum Gasteiger partial charge on any atom is -0.337 e. The van der Waals surface area contributed by atoms with E-state index < -0.39 is 0 Å². The summed E-state index contributed by atoms with van der Waals surface area (Å²) in [6.45, 7) is 8.52. The van der Waals surface area contributed by atoms with Gasteiger partial charge >= 0.3 is 0 Å². The molecule has 1 saturated heterocycles. The first-order chi connectivity index (χ1) is 12.5. The second-order valence-electron chi connectivity index (χ2n) is 7.37. The molecular weight excluding hydrogens is 344 g/mol. The van der Waals surface area contributed by atoms with Gasteiger partial charge < -0.3 is 4.90 Å². The monoisotopic (exact) mass is 372 g/mol. The van der Waals surface area contributed by atoms with Crippen LogP contribution in [0.25, 0.3) is 5.69 Å². The third-order valence-electron chi connectivity index (χ3n) is 4.94. The lowest BCUT2D eigenvalue weighted by Gasteiger charge is -2.39. The van der Waals surface area contributed by atoms with E-state index in [1.807, 2.05) is 39.9 Å². The van der Waals surface area contributed by atoms with E-state index >= 15 is 0 Å². The SMILES string of the molecule is CC(C)c1nc(SCC(=O)N2C(C)CCCC2C)nn1-c1ccccc1. The summed E-state index contributed by atoms with van der Waals surface area (Å²) in [7, 11) is 0. The van der Waals surface area contributed by atoms with Crippen LogP contribution in [0.15, 0.2) is 35.5 Å². The van der Waals surface area contributed by atoms with Crippen LogP contribution in [-0.2, 0) is 4.79 Å². The average Bonchev–Trinajstić information content (AvgIpc) is 3.05. The standard InChI is InChI=1S/C20H28N4OS/c1-14(2)19-21-20(22-24(19)17-11-6-5-7-12-17)26-13-18(25)23-15(3)9-8-10-16(23)4/h5-7,11-12,14-16H,8-10,13H2,1-4H3. The maximum Gasteiger partial charge on any atom is 0.233 e. The third kappa shape index (κ3) is 4.11. The fourth-order valence-corrected chi connectivity index (χ4v) is 4.31. The van der Waals surface area contributed by atoms with Crippen LogP contribution >= 0.6 is 11.8 Å². The van der Waals surface area contributed by atoms with Gasteiger partial charge in [-0.1, -0.05) is 43.8 Å². The van der Waals surface area contributed by atoms with Crippen LogP contribution in [0.5, 0.6) is 0 Å². The molecule has 0 N–H and O–H groups in total. The Bertz CT molecular complexity index is 734. The highest BCUT2D eigenvalue weighted by Gasteiger charge is 2.29. The smallest absolute Gasteiger partial charge is 0.233 e. The number of thioether (sulfide) groups is 1. The fourth-order valence-electron chi connectivity index (χ4n) is 3.61. The second-order valence-corrected chi connectivity index (χ2v) is 8.32. The van der Waals surface area contributed by atoms with Crippen molar-refractivity contribution in [3.8, 4) is 5.69 Å². The zero-order valence-electron chi connectivity index (χ0n) is 16.1. The average molecular weight is 373 g/mol. The molecule has 0 saturated carbocycles. The van der Waals surface area contributed by atoms with Crippen LogP contribution in [-0.4, -0.2) is 43.4 Å². The molecule has 1 aliphatic rings. The summed E-state index contributed by atoms with van der Waals surface area (Å²) in [5.41, 5.74) is 1.00. The van der Waals surface area contributed by atoms with Crippen molar-refractivity contribution in [3.05, 3.63) is 36.2 Å². The second kappa shape index (κ2) is 8.25. The molecule has 1 amide bonds. The van der Waals surface area contributed by atoms with Gasteiger partial charge in [-0.2, -0.15) is 0 Å². The van der Waals surface area contributed by atoms with Crippen LogP contribution in [0.1, 0.15) is 58.7 Å². The lowest BCUT2D eigenvalue weighted by molar-refractivity contribution is -0.134. The van der Waals surface area contributed by atoms with Crippen molar-refractivity contribution in [2.75, 3.05) is 5.75 Å². The van der Waals surface area contributed by atoms with Crippen LogP contribution in [0, 0.1) is 0 Å². The number of likely N-dealkylation sites (tertiary alicyclic amines) is 1. The highest BCUT2D eigenvalue weighted by atomic mass is 32.2. The normalized spacial score (nSPS) is 20.6. The number of aromatic nitrogens is 3. The van der Waals surface area contributed by atoms with Gasteiger partial charge in [-0.25, -0.2) is 9.67 Å². The first-order valence-electron chi connectivity index (χ1n) is 9.43. The summed E-state index contributed by atoms with van der Waals surface area (Å²) < 4.78 is 1.89. The number of benzene rings is 1. The van der Waals surface area contributed by atoms with E-state index in [9.17, 15) is 4.79 Å². The maximum atomic E-state index is 12.7. The van der Waals surface area contributed by atoms with Gasteiger partial charge in [0.25, 0.3) is 0 Å². The largest absolute Gasteiger partial charge is 0.337 e. The molecule has 1 aliphatic heterocycles. The van der Waals surface area contributed by atoms with E-state index in [0.717, 1.165) is 24.4 Å². The van der Waals surface area contributed by atoms with Gasteiger partial charge in [0.2, 0.25) is 11.1 Å². The van der Waals surface area contributed by atoms with Gasteiger partial charge in [-0.05, 0) is 45.2 Å². The molecule has 6 heteroatoms. The quantitative estimate of drug-likeness (QED) is 0.736. The van der Waals surface area contributed by atoms with Crippen LogP contribution in [0.2, 0.25) is 0 Å². The lowest BCUT2D eigenvalue weighted by atomic mass is 9.98. The van der Waals surface area contributed by atoms with Crippen molar-refractivity contribution in [3.63, 3.8) is 0 Å². The molecule has 2 aromatic rings. The molecule has 2 atom stereocenters. The van der Waals surface area contributed by atoms with Crippen molar-refractivity contribution in [2.24, 2.45) is 0 Å². The van der Waals surface area contributed by atoms with Crippen molar-refractivity contribution in [1.82, 2.24) is 19.7 Å². The Kier molecular flexibility index (Phi) is 6.01. The highest BCUT2D eigenvalue weighted by molar-refractivity contribution is 7.99. The van der Waals surface area contributed by atoms with E-state index in [1.165, 1.54) is 18.2 Å². The Labute approximate surface area is 160 Å². The van der Waals surface area contributed by atoms with Gasteiger partial charge in [0.1, 0.15) is 5.82 Å². The summed E-state index contributed by atoms with van der Waals surface area (Å²) in [5, 5.41) is 5.32. The molecule has 2 heterocycles. The number of amides is 1. The molecule has 0 radical (unpaired) electrons. The number of carbonyl (C=O) groups is 1. The highest BCUT2D eigenvalue weighted by Crippen LogP contribution is 2.26. The maximum absolute atomic E-state index is 12.7. The molecule has 5 nitrogen and oxygen atoms in total. The Hall–Kier alpha value is -1.82. The van der Waals surface area contributed by atoms with Crippen molar-refractivity contribution >= 4 is 17.7 Å². The Morgan fingerprint density at radius 2 is 1.85 bits per heavy atom. The number of piperidine rings is 1. The van der Waals surface area contributed by atoms with E-state index in [0.29, 0.717) is 23.0 Å². The number of carbonyl (C=O) groups excluding carboxylic acids is 1. The molecule has 1 aromatic carbocycles. The molecule has 0 spiro atoms. The number of para-hydroxylation sites is 1. The fraction of sp³-hybridized carbons (Fsp3) is 0.550. The summed E-state index contributed by atoms with van der Waals surface area (Å²) in [4.78, 5) is 19.5. The minimum atomic E-state index is 0.192. The van der Waals surface area contributed by atoms with Gasteiger partial charge in [-0.3, -0.25) is 4.79 Å². The molecule has 0 bridgehead atoms. The van der Waals surface area contributed by atoms with Crippen LogP contribution in [0.4, 0.5) is 0 Å². The van der Waals surface area contributed by atoms with Crippen molar-refractivity contribution in [1.29, 1.82) is 0 Å². The molecular formula is C20H28N4OS. The first-order valence-corrected chi connectivity index (χ1v) is 10.4. The molecule has 26 heavy (non-hydrogen) atoms. The zero-order valence-corrected chi connectivity index (χ0v) is 16.9. The lowest BCUT2D eigenvalue weighted by Crippen LogP contribution is -2.48. The molecule has 2 unspecified atom stereocenters. The van der Waals surface area contributed by atoms with Crippen molar-refractivity contribution in [2.45, 2.75) is 70.1 Å². The molecule has 1 fully saturated rings. The summed E-state index contributed by atoms with van der Waals surface area (Å²) in [6.07, 6.45) is 3.40. The van der Waals surface area contributed by atoms with E-state index in [4.69, 9.17) is 0 Å². The Morgan fingerprint density at radius 1 is 1.19 bits per heavy atom. The van der Waals surface area contributed by atoms with Gasteiger partial charge in [0, 0.05) is 18.0 Å². The van der Waals surface area contributed by atoms with Crippen molar-refractivity contribution < 1.29 is 4.79 Å². The van der Waals surface area contributed by atoms with E-state index in [2.05, 4.69) is 37.8 Å². The molecule has 140 valence electrons. The first kappa shape index (κ1) is 19.0. The molecule has 1 aromatic heterocycles. The van der Waals surface area contributed by atoms with Crippen LogP contribution in [0.3, 0.4) is 0 Å². The van der Waals surface area contributed by atoms with Gasteiger partial charge in [0.05, 0.1) is 11.4 Å². The number of rotatable bonds is 5. The van der Waals surface area contributed by atoms with Gasteiger partial charge in [0.15, 0.2) is 0 Å². The van der Waals surface area contributed by atoms with E-state index in [1.54, 1.807) is 0 Å². The predicted molar refractivity (Wildman–Crippen MR) is 106 cm³/mol. The molecule has 0 aliphatic carbocycles. The third-order valence-corrected chi connectivity index (χ3v) is 5.76. The summed E-state index contributed by atoms with van der Waals surface area (Å²) in [6, 6.07) is 10.7. The summed E-state index contributed by atoms with van der Waals surface area (Å²) >= 11 is 1.44. The molecule has 3 rings (SSSR count). The number of hydrogen-bond donors (Lipinski definition) is 0. The topological polar surface area (TPSA) is 51.0 Å². The van der Waals surface area contributed by atoms with E-state index in [-0.39, 0.29) is 11.8 Å². The Balaban J connectivity index is 1.73. The Morgan fingerprint density at radius 3 is 2.46 bits per heavy atom. The minimum absolute atomic E-state index is 0.192. The summed E-state index contributed by atoms with van der Waals surface area (Å²) in [5.74, 6) is 1.77.